The number of pyridine rings is 1. The van der Waals surface area contributed by atoms with Crippen molar-refractivity contribution in [2.45, 2.75) is 6.10 Å². The number of ether oxygens (including phenoxy) is 1. The molecule has 2 aromatic heterocycles. The Kier molecular flexibility index (Phi) is 3.74. The first-order valence-electron chi connectivity index (χ1n) is 6.63. The molecule has 2 N–H and O–H groups in total. The molecular weight excluding hydrogens is 270 g/mol. The van der Waals surface area contributed by atoms with Crippen molar-refractivity contribution in [2.24, 2.45) is 5.73 Å². The van der Waals surface area contributed by atoms with Gasteiger partial charge in [0.15, 0.2) is 0 Å². The first-order valence-corrected chi connectivity index (χ1v) is 6.63. The van der Waals surface area contributed by atoms with Crippen molar-refractivity contribution in [1.82, 2.24) is 15.0 Å². The van der Waals surface area contributed by atoms with Gasteiger partial charge >= 0.3 is 0 Å². The van der Waals surface area contributed by atoms with E-state index in [-0.39, 0.29) is 6.10 Å². The maximum absolute atomic E-state index is 11.1. The second-order valence-electron chi connectivity index (χ2n) is 4.69. The van der Waals surface area contributed by atoms with E-state index in [1.54, 1.807) is 30.6 Å². The van der Waals surface area contributed by atoms with Crippen molar-refractivity contribution < 1.29 is 9.53 Å². The number of rotatable bonds is 3. The van der Waals surface area contributed by atoms with E-state index in [1.165, 1.54) is 6.20 Å². The molecule has 0 aliphatic carbocycles. The molecule has 3 heterocycles. The summed E-state index contributed by atoms with van der Waals surface area (Å²) in [5, 5.41) is 0. The molecule has 108 valence electrons. The number of carbonyl (C=O) groups is 1. The fourth-order valence-corrected chi connectivity index (χ4v) is 2.21. The summed E-state index contributed by atoms with van der Waals surface area (Å²) < 4.78 is 5.74. The van der Waals surface area contributed by atoms with Crippen molar-refractivity contribution in [2.75, 3.05) is 24.6 Å². The standard InChI is InChI=1S/C14H15N5O2/c15-13(20)10-2-3-11(18-8-10)12-9-19(6-7-21-12)14-16-4-1-5-17-14/h1-5,8,12H,6-7,9H2,(H2,15,20)/t12-/m1/s1. The Morgan fingerprint density at radius 2 is 2.10 bits per heavy atom. The maximum atomic E-state index is 11.1. The third-order valence-corrected chi connectivity index (χ3v) is 3.30. The Balaban J connectivity index is 1.75. The zero-order valence-corrected chi connectivity index (χ0v) is 11.3. The molecule has 0 radical (unpaired) electrons. The lowest BCUT2D eigenvalue weighted by atomic mass is 10.1. The van der Waals surface area contributed by atoms with Gasteiger partial charge in [0.25, 0.3) is 0 Å². The first-order chi connectivity index (χ1) is 10.2. The molecule has 1 aliphatic heterocycles. The summed E-state index contributed by atoms with van der Waals surface area (Å²) in [6, 6.07) is 5.21. The van der Waals surface area contributed by atoms with E-state index in [2.05, 4.69) is 19.9 Å². The number of hydrogen-bond acceptors (Lipinski definition) is 6. The largest absolute Gasteiger partial charge is 0.368 e. The molecule has 0 spiro atoms. The second kappa shape index (κ2) is 5.84. The number of carbonyl (C=O) groups excluding carboxylic acids is 1. The number of nitrogens with two attached hydrogens (primary N) is 1. The Labute approximate surface area is 121 Å². The van der Waals surface area contributed by atoms with Crippen LogP contribution in [0.15, 0.2) is 36.8 Å². The summed E-state index contributed by atoms with van der Waals surface area (Å²) >= 11 is 0. The van der Waals surface area contributed by atoms with Crippen LogP contribution in [0, 0.1) is 0 Å². The fraction of sp³-hybridized carbons (Fsp3) is 0.286. The normalized spacial score (nSPS) is 18.5. The molecule has 1 amide bonds. The zero-order valence-electron chi connectivity index (χ0n) is 11.3. The number of hydrogen-bond donors (Lipinski definition) is 1. The van der Waals surface area contributed by atoms with Crippen LogP contribution < -0.4 is 10.6 Å². The Bertz CT molecular complexity index is 617. The number of nitrogens with zero attached hydrogens (tertiary/aromatic N) is 4. The third kappa shape index (κ3) is 2.97. The Morgan fingerprint density at radius 3 is 2.76 bits per heavy atom. The maximum Gasteiger partial charge on any atom is 0.250 e. The molecule has 7 heteroatoms. The van der Waals surface area contributed by atoms with Crippen molar-refractivity contribution >= 4 is 11.9 Å². The van der Waals surface area contributed by atoms with Crippen molar-refractivity contribution in [3.63, 3.8) is 0 Å². The summed E-state index contributed by atoms with van der Waals surface area (Å²) in [5.41, 5.74) is 6.36. The van der Waals surface area contributed by atoms with E-state index in [4.69, 9.17) is 10.5 Å². The minimum atomic E-state index is -0.488. The van der Waals surface area contributed by atoms with Gasteiger partial charge in [-0.15, -0.1) is 0 Å². The molecule has 1 atom stereocenters. The highest BCUT2D eigenvalue weighted by molar-refractivity contribution is 5.92. The van der Waals surface area contributed by atoms with E-state index < -0.39 is 5.91 Å². The molecule has 7 nitrogen and oxygen atoms in total. The van der Waals surface area contributed by atoms with Crippen molar-refractivity contribution in [1.29, 1.82) is 0 Å². The predicted octanol–water partition coefficient (Wildman–Crippen LogP) is 0.548. The highest BCUT2D eigenvalue weighted by Gasteiger charge is 2.24. The summed E-state index contributed by atoms with van der Waals surface area (Å²) in [5.74, 6) is 0.192. The first kappa shape index (κ1) is 13.4. The monoisotopic (exact) mass is 285 g/mol. The molecule has 1 aliphatic rings. The molecule has 0 aromatic carbocycles. The molecule has 1 saturated heterocycles. The minimum absolute atomic E-state index is 0.176. The number of morpholine rings is 1. The highest BCUT2D eigenvalue weighted by Crippen LogP contribution is 2.22. The molecule has 1 fully saturated rings. The van der Waals surface area contributed by atoms with Crippen molar-refractivity contribution in [3.05, 3.63) is 48.0 Å². The lowest BCUT2D eigenvalue weighted by Gasteiger charge is -2.32. The lowest BCUT2D eigenvalue weighted by Crippen LogP contribution is -2.39. The summed E-state index contributed by atoms with van der Waals surface area (Å²) in [4.78, 5) is 25.9. The minimum Gasteiger partial charge on any atom is -0.368 e. The second-order valence-corrected chi connectivity index (χ2v) is 4.69. The van der Waals surface area contributed by atoms with Gasteiger partial charge in [-0.05, 0) is 18.2 Å². The van der Waals surface area contributed by atoms with Gasteiger partial charge in [0.05, 0.1) is 24.4 Å². The van der Waals surface area contributed by atoms with E-state index in [0.717, 1.165) is 12.2 Å². The molecule has 0 saturated carbocycles. The van der Waals surface area contributed by atoms with Gasteiger partial charge < -0.3 is 15.4 Å². The number of aromatic nitrogens is 3. The van der Waals surface area contributed by atoms with E-state index >= 15 is 0 Å². The van der Waals surface area contributed by atoms with Gasteiger partial charge in [0.2, 0.25) is 11.9 Å². The average molecular weight is 285 g/mol. The third-order valence-electron chi connectivity index (χ3n) is 3.30. The SMILES string of the molecule is NC(=O)c1ccc([C@H]2CN(c3ncccn3)CCO2)nc1. The van der Waals surface area contributed by atoms with Crippen molar-refractivity contribution in [3.8, 4) is 0 Å². The molecule has 3 rings (SSSR count). The molecule has 2 aromatic rings. The number of amides is 1. The zero-order chi connectivity index (χ0) is 14.7. The lowest BCUT2D eigenvalue weighted by molar-refractivity contribution is 0.0364. The molecule has 0 bridgehead atoms. The van der Waals surface area contributed by atoms with Crippen LogP contribution >= 0.6 is 0 Å². The molecule has 0 unspecified atom stereocenters. The Morgan fingerprint density at radius 1 is 1.29 bits per heavy atom. The predicted molar refractivity (Wildman–Crippen MR) is 75.7 cm³/mol. The van der Waals surface area contributed by atoms with Crippen LogP contribution in [0.25, 0.3) is 0 Å². The Hall–Kier alpha value is -2.54. The summed E-state index contributed by atoms with van der Waals surface area (Å²) in [6.45, 7) is 1.93. The number of primary amides is 1. The van der Waals surface area contributed by atoms with Gasteiger partial charge in [-0.25, -0.2) is 9.97 Å². The van der Waals surface area contributed by atoms with Gasteiger partial charge in [-0.3, -0.25) is 9.78 Å². The van der Waals surface area contributed by atoms with E-state index in [1.807, 2.05) is 0 Å². The number of anilines is 1. The summed E-state index contributed by atoms with van der Waals surface area (Å²) in [6.07, 6.45) is 4.72. The molecular formula is C14H15N5O2. The average Bonchev–Trinajstić information content (AvgIpc) is 2.56. The quantitative estimate of drug-likeness (QED) is 0.885. The van der Waals surface area contributed by atoms with Gasteiger partial charge in [-0.1, -0.05) is 0 Å². The summed E-state index contributed by atoms with van der Waals surface area (Å²) in [7, 11) is 0. The van der Waals surface area contributed by atoms with Crippen LogP contribution in [0.2, 0.25) is 0 Å². The van der Waals surface area contributed by atoms with Crippen LogP contribution in [0.4, 0.5) is 5.95 Å². The van der Waals surface area contributed by atoms with Crippen LogP contribution in [0.5, 0.6) is 0 Å². The molecule has 21 heavy (non-hydrogen) atoms. The van der Waals surface area contributed by atoms with Crippen LogP contribution in [-0.4, -0.2) is 40.6 Å². The van der Waals surface area contributed by atoms with E-state index in [0.29, 0.717) is 24.7 Å². The van der Waals surface area contributed by atoms with Gasteiger partial charge in [0.1, 0.15) is 6.10 Å². The fourth-order valence-electron chi connectivity index (χ4n) is 2.21. The highest BCUT2D eigenvalue weighted by atomic mass is 16.5. The van der Waals surface area contributed by atoms with Crippen LogP contribution in [-0.2, 0) is 4.74 Å². The van der Waals surface area contributed by atoms with Crippen LogP contribution in [0.3, 0.4) is 0 Å². The smallest absolute Gasteiger partial charge is 0.250 e. The van der Waals surface area contributed by atoms with Gasteiger partial charge in [0, 0.05) is 25.1 Å². The van der Waals surface area contributed by atoms with Crippen LogP contribution in [0.1, 0.15) is 22.2 Å². The van der Waals surface area contributed by atoms with Gasteiger partial charge in [-0.2, -0.15) is 0 Å². The topological polar surface area (TPSA) is 94.2 Å². The van der Waals surface area contributed by atoms with E-state index in [9.17, 15) is 4.79 Å².